The Bertz CT molecular complexity index is 1070. The number of nitrogens with zero attached hydrogens (tertiary/aromatic N) is 4. The molecule has 0 spiro atoms. The minimum absolute atomic E-state index is 0.0838. The van der Waals surface area contributed by atoms with Gasteiger partial charge in [0, 0.05) is 30.7 Å². The van der Waals surface area contributed by atoms with E-state index in [1.165, 1.54) is 10.5 Å². The average molecular weight is 491 g/mol. The molecule has 0 bridgehead atoms. The molecule has 9 nitrogen and oxygen atoms in total. The van der Waals surface area contributed by atoms with E-state index in [1.54, 1.807) is 29.2 Å². The Labute approximate surface area is 174 Å². The standard InChI is InChI=1S/C16H17BrClN5O4S/c17-11-2-1-3-12(8-11)28(26,27)22-6-4-21(5-7-22)13-9-20-23(10-14(19)24)16(25)15(13)18/h1-3,8-9H,4-7,10H2,(H2,19,24). The molecule has 1 aromatic carbocycles. The van der Waals surface area contributed by atoms with E-state index in [0.717, 1.165) is 4.68 Å². The first-order valence-corrected chi connectivity index (χ1v) is 10.9. The second kappa shape index (κ2) is 8.19. The van der Waals surface area contributed by atoms with Crippen molar-refractivity contribution in [1.29, 1.82) is 0 Å². The van der Waals surface area contributed by atoms with Crippen molar-refractivity contribution in [3.63, 3.8) is 0 Å². The van der Waals surface area contributed by atoms with Crippen LogP contribution in [-0.2, 0) is 21.4 Å². The third kappa shape index (κ3) is 4.22. The van der Waals surface area contributed by atoms with Crippen molar-refractivity contribution in [2.45, 2.75) is 11.4 Å². The van der Waals surface area contributed by atoms with Gasteiger partial charge in [0.25, 0.3) is 5.56 Å². The minimum Gasteiger partial charge on any atom is -0.368 e. The molecule has 1 saturated heterocycles. The van der Waals surface area contributed by atoms with E-state index in [-0.39, 0.29) is 29.6 Å². The van der Waals surface area contributed by atoms with Crippen molar-refractivity contribution < 1.29 is 13.2 Å². The number of nitrogens with two attached hydrogens (primary N) is 1. The monoisotopic (exact) mass is 489 g/mol. The lowest BCUT2D eigenvalue weighted by atomic mass is 10.3. The van der Waals surface area contributed by atoms with Crippen LogP contribution in [-0.4, -0.2) is 54.6 Å². The van der Waals surface area contributed by atoms with Crippen LogP contribution in [0.4, 0.5) is 5.69 Å². The van der Waals surface area contributed by atoms with Crippen LogP contribution in [0.1, 0.15) is 0 Å². The highest BCUT2D eigenvalue weighted by Gasteiger charge is 2.30. The third-order valence-electron chi connectivity index (χ3n) is 4.29. The van der Waals surface area contributed by atoms with Crippen LogP contribution in [0.5, 0.6) is 0 Å². The van der Waals surface area contributed by atoms with Gasteiger partial charge < -0.3 is 10.6 Å². The molecule has 150 valence electrons. The zero-order chi connectivity index (χ0) is 20.5. The van der Waals surface area contributed by atoms with Gasteiger partial charge in [-0.15, -0.1) is 0 Å². The maximum absolute atomic E-state index is 12.8. The fraction of sp³-hybridized carbons (Fsp3) is 0.312. The van der Waals surface area contributed by atoms with Gasteiger partial charge in [0.05, 0.1) is 16.8 Å². The van der Waals surface area contributed by atoms with Crippen LogP contribution in [0.25, 0.3) is 0 Å². The number of hydrogen-bond donors (Lipinski definition) is 1. The molecule has 1 aromatic heterocycles. The van der Waals surface area contributed by atoms with Gasteiger partial charge in [-0.3, -0.25) is 9.59 Å². The average Bonchev–Trinajstić information content (AvgIpc) is 2.65. The summed E-state index contributed by atoms with van der Waals surface area (Å²) >= 11 is 9.43. The number of piperazine rings is 1. The van der Waals surface area contributed by atoms with Gasteiger partial charge in [0.2, 0.25) is 15.9 Å². The maximum atomic E-state index is 12.8. The first-order valence-electron chi connectivity index (χ1n) is 8.25. The molecular weight excluding hydrogens is 474 g/mol. The van der Waals surface area contributed by atoms with Gasteiger partial charge in [0.1, 0.15) is 11.6 Å². The molecular formula is C16H17BrClN5O4S. The van der Waals surface area contributed by atoms with Gasteiger partial charge >= 0.3 is 0 Å². The molecule has 3 rings (SSSR count). The number of rotatable bonds is 5. The van der Waals surface area contributed by atoms with Crippen molar-refractivity contribution in [2.24, 2.45) is 5.73 Å². The molecule has 1 aliphatic rings. The van der Waals surface area contributed by atoms with E-state index in [9.17, 15) is 18.0 Å². The SMILES string of the molecule is NC(=O)Cn1ncc(N2CCN(S(=O)(=O)c3cccc(Br)c3)CC2)c(Cl)c1=O. The molecule has 0 aliphatic carbocycles. The second-order valence-corrected chi connectivity index (χ2v) is 9.35. The van der Waals surface area contributed by atoms with Crippen LogP contribution in [0.3, 0.4) is 0 Å². The Morgan fingerprint density at radius 3 is 2.54 bits per heavy atom. The summed E-state index contributed by atoms with van der Waals surface area (Å²) in [4.78, 5) is 25.2. The number of aromatic nitrogens is 2. The zero-order valence-electron chi connectivity index (χ0n) is 14.6. The first kappa shape index (κ1) is 20.8. The third-order valence-corrected chi connectivity index (χ3v) is 7.03. The minimum atomic E-state index is -3.62. The predicted molar refractivity (Wildman–Crippen MR) is 108 cm³/mol. The highest BCUT2D eigenvalue weighted by molar-refractivity contribution is 9.10. The zero-order valence-corrected chi connectivity index (χ0v) is 17.7. The summed E-state index contributed by atoms with van der Waals surface area (Å²) in [7, 11) is -3.62. The highest BCUT2D eigenvalue weighted by atomic mass is 79.9. The number of amides is 1. The number of carbonyl (C=O) groups excluding carboxylic acids is 1. The lowest BCUT2D eigenvalue weighted by Crippen LogP contribution is -2.49. The Morgan fingerprint density at radius 2 is 1.93 bits per heavy atom. The quantitative estimate of drug-likeness (QED) is 0.657. The summed E-state index contributed by atoms with van der Waals surface area (Å²) < 4.78 is 28.6. The number of carbonyl (C=O) groups is 1. The molecule has 1 fully saturated rings. The number of sulfonamides is 1. The fourth-order valence-corrected chi connectivity index (χ4v) is 5.17. The summed E-state index contributed by atoms with van der Waals surface area (Å²) in [5.74, 6) is -0.704. The van der Waals surface area contributed by atoms with E-state index in [1.807, 2.05) is 0 Å². The molecule has 0 radical (unpaired) electrons. The lowest BCUT2D eigenvalue weighted by molar-refractivity contribution is -0.118. The molecule has 1 aliphatic heterocycles. The molecule has 1 amide bonds. The van der Waals surface area contributed by atoms with Crippen LogP contribution < -0.4 is 16.2 Å². The molecule has 0 unspecified atom stereocenters. The van der Waals surface area contributed by atoms with Crippen LogP contribution in [0, 0.1) is 0 Å². The number of hydrogen-bond acceptors (Lipinski definition) is 6. The summed E-state index contributed by atoms with van der Waals surface area (Å²) in [6.07, 6.45) is 1.38. The lowest BCUT2D eigenvalue weighted by Gasteiger charge is -2.35. The summed E-state index contributed by atoms with van der Waals surface area (Å²) in [5.41, 5.74) is 4.85. The largest absolute Gasteiger partial charge is 0.368 e. The number of primary amides is 1. The van der Waals surface area contributed by atoms with E-state index < -0.39 is 21.5 Å². The molecule has 12 heteroatoms. The van der Waals surface area contributed by atoms with Crippen molar-refractivity contribution in [3.05, 3.63) is 50.3 Å². The van der Waals surface area contributed by atoms with Crippen LogP contribution in [0.15, 0.2) is 44.6 Å². The van der Waals surface area contributed by atoms with Crippen LogP contribution >= 0.6 is 27.5 Å². The Kier molecular flexibility index (Phi) is 6.08. The van der Waals surface area contributed by atoms with E-state index >= 15 is 0 Å². The van der Waals surface area contributed by atoms with E-state index in [2.05, 4.69) is 21.0 Å². The number of benzene rings is 1. The van der Waals surface area contributed by atoms with Crippen molar-refractivity contribution in [3.8, 4) is 0 Å². The molecule has 28 heavy (non-hydrogen) atoms. The molecule has 2 heterocycles. The van der Waals surface area contributed by atoms with E-state index in [4.69, 9.17) is 17.3 Å². The first-order chi connectivity index (χ1) is 13.2. The predicted octanol–water partition coefficient (Wildman–Crippen LogP) is 0.655. The maximum Gasteiger partial charge on any atom is 0.288 e. The summed E-state index contributed by atoms with van der Waals surface area (Å²) in [6, 6.07) is 6.53. The van der Waals surface area contributed by atoms with Gasteiger partial charge in [-0.2, -0.15) is 9.40 Å². The molecule has 2 N–H and O–H groups in total. The summed E-state index contributed by atoms with van der Waals surface area (Å²) in [5, 5.41) is 3.84. The second-order valence-electron chi connectivity index (χ2n) is 6.12. The Morgan fingerprint density at radius 1 is 1.25 bits per heavy atom. The topological polar surface area (TPSA) is 119 Å². The van der Waals surface area contributed by atoms with Gasteiger partial charge in [0.15, 0.2) is 0 Å². The normalized spacial score (nSPS) is 15.6. The Balaban J connectivity index is 1.76. The fourth-order valence-electron chi connectivity index (χ4n) is 2.88. The molecule has 0 atom stereocenters. The van der Waals surface area contributed by atoms with Gasteiger partial charge in [-0.05, 0) is 18.2 Å². The van der Waals surface area contributed by atoms with Gasteiger partial charge in [-0.1, -0.05) is 33.6 Å². The molecule has 2 aromatic rings. The smallest absolute Gasteiger partial charge is 0.288 e. The van der Waals surface area contributed by atoms with E-state index in [0.29, 0.717) is 23.2 Å². The van der Waals surface area contributed by atoms with Crippen molar-refractivity contribution >= 4 is 49.1 Å². The molecule has 0 saturated carbocycles. The van der Waals surface area contributed by atoms with Crippen molar-refractivity contribution in [1.82, 2.24) is 14.1 Å². The van der Waals surface area contributed by atoms with Crippen LogP contribution in [0.2, 0.25) is 5.02 Å². The summed E-state index contributed by atoms with van der Waals surface area (Å²) in [6.45, 7) is 0.782. The Hall–Kier alpha value is -1.95. The number of anilines is 1. The van der Waals surface area contributed by atoms with Crippen molar-refractivity contribution in [2.75, 3.05) is 31.1 Å². The number of halogens is 2. The highest BCUT2D eigenvalue weighted by Crippen LogP contribution is 2.25. The van der Waals surface area contributed by atoms with Gasteiger partial charge in [-0.25, -0.2) is 13.1 Å².